The average Bonchev–Trinajstić information content (AvgIpc) is 2.95. The Bertz CT molecular complexity index is 717. The maximum Gasteiger partial charge on any atom is 0.231 e. The van der Waals surface area contributed by atoms with Crippen LogP contribution in [0.1, 0.15) is 5.56 Å². The van der Waals surface area contributed by atoms with E-state index in [0.29, 0.717) is 11.6 Å². The van der Waals surface area contributed by atoms with E-state index in [9.17, 15) is 4.79 Å². The summed E-state index contributed by atoms with van der Waals surface area (Å²) in [5, 5.41) is 2.41. The van der Waals surface area contributed by atoms with Crippen molar-refractivity contribution >= 4 is 34.0 Å². The van der Waals surface area contributed by atoms with E-state index in [1.807, 2.05) is 23.6 Å². The molecule has 4 N–H and O–H groups in total. The van der Waals surface area contributed by atoms with E-state index >= 15 is 0 Å². The monoisotopic (exact) mass is 287 g/mol. The first kappa shape index (κ1) is 12.6. The second-order valence-electron chi connectivity index (χ2n) is 4.53. The van der Waals surface area contributed by atoms with Crippen molar-refractivity contribution in [3.8, 4) is 11.3 Å². The molecule has 0 spiro atoms. The van der Waals surface area contributed by atoms with Gasteiger partial charge >= 0.3 is 0 Å². The Balaban J connectivity index is 1.96. The molecule has 0 aliphatic carbocycles. The largest absolute Gasteiger partial charge is 0.370 e. The lowest BCUT2D eigenvalue weighted by Gasteiger charge is -2.09. The Hall–Kier alpha value is -2.41. The molecule has 102 valence electrons. The van der Waals surface area contributed by atoms with E-state index in [1.54, 1.807) is 11.9 Å². The first-order chi connectivity index (χ1) is 9.54. The molecule has 0 unspecified atom stereocenters. The summed E-state index contributed by atoms with van der Waals surface area (Å²) < 4.78 is 0. The molecule has 0 saturated carbocycles. The third kappa shape index (κ3) is 2.12. The number of likely N-dealkylation sites (N-methyl/N-ethyl adjacent to an activating group) is 1. The highest BCUT2D eigenvalue weighted by Crippen LogP contribution is 2.33. The van der Waals surface area contributed by atoms with Crippen molar-refractivity contribution in [1.29, 1.82) is 0 Å². The lowest BCUT2D eigenvalue weighted by Crippen LogP contribution is -2.21. The number of nitrogens with zero attached hydrogens (tertiary/aromatic N) is 3. The third-order valence-corrected chi connectivity index (χ3v) is 3.90. The summed E-state index contributed by atoms with van der Waals surface area (Å²) in [5.41, 5.74) is 14.4. The number of guanidine groups is 1. The predicted octanol–water partition coefficient (Wildman–Crippen LogP) is 1.23. The van der Waals surface area contributed by atoms with Crippen LogP contribution in [0.3, 0.4) is 0 Å². The minimum atomic E-state index is -0.00734. The van der Waals surface area contributed by atoms with E-state index in [0.717, 1.165) is 22.5 Å². The molecule has 2 heterocycles. The van der Waals surface area contributed by atoms with E-state index in [-0.39, 0.29) is 11.9 Å². The fourth-order valence-electron chi connectivity index (χ4n) is 2.19. The molecule has 1 amide bonds. The van der Waals surface area contributed by atoms with Crippen LogP contribution < -0.4 is 16.4 Å². The van der Waals surface area contributed by atoms with Crippen molar-refractivity contribution in [1.82, 2.24) is 4.98 Å². The minimum Gasteiger partial charge on any atom is -0.370 e. The Kier molecular flexibility index (Phi) is 2.90. The average molecular weight is 287 g/mol. The fraction of sp³-hybridized carbons (Fsp3) is 0.154. The smallest absolute Gasteiger partial charge is 0.231 e. The van der Waals surface area contributed by atoms with Crippen LogP contribution in [-0.4, -0.2) is 23.9 Å². The number of carbonyl (C=O) groups excluding carboxylic acids is 1. The summed E-state index contributed by atoms with van der Waals surface area (Å²) in [5.74, 6) is 0.101. The number of aromatic nitrogens is 1. The molecule has 7 heteroatoms. The molecular weight excluding hydrogens is 274 g/mol. The number of hydrogen-bond acceptors (Lipinski definition) is 4. The van der Waals surface area contributed by atoms with Crippen LogP contribution in [0, 0.1) is 0 Å². The molecule has 0 radical (unpaired) electrons. The van der Waals surface area contributed by atoms with Crippen LogP contribution in [0.2, 0.25) is 0 Å². The zero-order valence-corrected chi connectivity index (χ0v) is 11.6. The summed E-state index contributed by atoms with van der Waals surface area (Å²) in [6, 6.07) is 5.88. The van der Waals surface area contributed by atoms with Gasteiger partial charge in [0.05, 0.1) is 12.1 Å². The van der Waals surface area contributed by atoms with Gasteiger partial charge in [-0.05, 0) is 17.7 Å². The van der Waals surface area contributed by atoms with Gasteiger partial charge in [0.15, 0.2) is 5.96 Å². The van der Waals surface area contributed by atoms with Gasteiger partial charge in [-0.2, -0.15) is 4.99 Å². The molecule has 1 aliphatic heterocycles. The van der Waals surface area contributed by atoms with Crippen molar-refractivity contribution in [3.05, 3.63) is 29.1 Å². The third-order valence-electron chi connectivity index (χ3n) is 3.17. The van der Waals surface area contributed by atoms with Crippen LogP contribution in [0.15, 0.2) is 28.6 Å². The first-order valence-corrected chi connectivity index (χ1v) is 6.87. The molecule has 2 aromatic rings. The van der Waals surface area contributed by atoms with Crippen molar-refractivity contribution in [2.45, 2.75) is 6.42 Å². The van der Waals surface area contributed by atoms with Crippen molar-refractivity contribution in [2.24, 2.45) is 16.5 Å². The van der Waals surface area contributed by atoms with E-state index in [1.165, 1.54) is 11.3 Å². The normalized spacial score (nSPS) is 13.4. The quantitative estimate of drug-likeness (QED) is 0.641. The number of amides is 1. The van der Waals surface area contributed by atoms with Gasteiger partial charge < -0.3 is 16.4 Å². The number of fused-ring (bicyclic) bond motifs is 1. The van der Waals surface area contributed by atoms with Crippen molar-refractivity contribution in [2.75, 3.05) is 11.9 Å². The number of aliphatic imine (C=N–C) groups is 1. The molecular formula is C13H13N5OS. The zero-order chi connectivity index (χ0) is 14.3. The van der Waals surface area contributed by atoms with Gasteiger partial charge in [-0.3, -0.25) is 4.79 Å². The van der Waals surface area contributed by atoms with Crippen LogP contribution in [-0.2, 0) is 11.2 Å². The zero-order valence-electron chi connectivity index (χ0n) is 10.8. The molecule has 20 heavy (non-hydrogen) atoms. The van der Waals surface area contributed by atoms with Gasteiger partial charge in [-0.25, -0.2) is 4.98 Å². The van der Waals surface area contributed by atoms with Gasteiger partial charge in [0.2, 0.25) is 11.0 Å². The first-order valence-electron chi connectivity index (χ1n) is 5.99. The van der Waals surface area contributed by atoms with E-state index in [2.05, 4.69) is 9.98 Å². The van der Waals surface area contributed by atoms with Crippen LogP contribution in [0.5, 0.6) is 0 Å². The molecule has 3 rings (SSSR count). The number of anilines is 1. The summed E-state index contributed by atoms with van der Waals surface area (Å²) in [4.78, 5) is 21.6. The number of rotatable bonds is 2. The highest BCUT2D eigenvalue weighted by molar-refractivity contribution is 7.13. The molecule has 0 bridgehead atoms. The summed E-state index contributed by atoms with van der Waals surface area (Å²) in [6.45, 7) is 0. The summed E-state index contributed by atoms with van der Waals surface area (Å²) >= 11 is 1.37. The summed E-state index contributed by atoms with van der Waals surface area (Å²) in [6.07, 6.45) is 0.435. The minimum absolute atomic E-state index is 0.00734. The number of nitrogens with two attached hydrogens (primary N) is 2. The summed E-state index contributed by atoms with van der Waals surface area (Å²) in [7, 11) is 1.79. The van der Waals surface area contributed by atoms with Crippen molar-refractivity contribution < 1.29 is 4.79 Å². The fourth-order valence-corrected chi connectivity index (χ4v) is 2.90. The van der Waals surface area contributed by atoms with Crippen LogP contribution >= 0.6 is 11.3 Å². The van der Waals surface area contributed by atoms with Crippen LogP contribution in [0.25, 0.3) is 11.3 Å². The maximum absolute atomic E-state index is 11.7. The molecule has 1 aliphatic rings. The van der Waals surface area contributed by atoms with Crippen LogP contribution in [0.4, 0.5) is 10.8 Å². The highest BCUT2D eigenvalue weighted by Gasteiger charge is 2.24. The van der Waals surface area contributed by atoms with E-state index < -0.39 is 0 Å². The van der Waals surface area contributed by atoms with E-state index in [4.69, 9.17) is 11.5 Å². The topological polar surface area (TPSA) is 97.6 Å². The Morgan fingerprint density at radius 3 is 3.00 bits per heavy atom. The molecule has 1 aromatic heterocycles. The highest BCUT2D eigenvalue weighted by atomic mass is 32.1. The Morgan fingerprint density at radius 1 is 1.45 bits per heavy atom. The van der Waals surface area contributed by atoms with Gasteiger partial charge in [-0.1, -0.05) is 6.07 Å². The number of carbonyl (C=O) groups is 1. The Morgan fingerprint density at radius 2 is 2.25 bits per heavy atom. The molecule has 0 fully saturated rings. The van der Waals surface area contributed by atoms with Crippen molar-refractivity contribution in [3.63, 3.8) is 0 Å². The SMILES string of the molecule is CN1C(=O)Cc2cc(-c3csc(N=C(N)N)n3)ccc21. The molecule has 6 nitrogen and oxygen atoms in total. The molecule has 0 saturated heterocycles. The lowest BCUT2D eigenvalue weighted by molar-refractivity contribution is -0.117. The van der Waals surface area contributed by atoms with Gasteiger partial charge in [0, 0.05) is 23.7 Å². The lowest BCUT2D eigenvalue weighted by atomic mass is 10.1. The van der Waals surface area contributed by atoms with Gasteiger partial charge in [0.1, 0.15) is 0 Å². The second-order valence-corrected chi connectivity index (χ2v) is 5.36. The van der Waals surface area contributed by atoms with Gasteiger partial charge in [0.25, 0.3) is 0 Å². The Labute approximate surface area is 119 Å². The van der Waals surface area contributed by atoms with Gasteiger partial charge in [-0.15, -0.1) is 11.3 Å². The number of hydrogen-bond donors (Lipinski definition) is 2. The second kappa shape index (κ2) is 4.61. The number of benzene rings is 1. The predicted molar refractivity (Wildman–Crippen MR) is 80.1 cm³/mol. The molecule has 0 atom stereocenters. The standard InChI is InChI=1S/C13H13N5OS/c1-18-10-3-2-7(4-8(10)5-11(18)19)9-6-20-13(16-9)17-12(14)15/h2-4,6H,5H2,1H3,(H4,14,15,16,17). The molecule has 1 aromatic carbocycles. The number of thiazole rings is 1. The maximum atomic E-state index is 11.7.